The largest absolute Gasteiger partial charge is 0.344 e. The summed E-state index contributed by atoms with van der Waals surface area (Å²) < 4.78 is 0. The van der Waals surface area contributed by atoms with E-state index in [1.54, 1.807) is 0 Å². The zero-order valence-corrected chi connectivity index (χ0v) is 7.33. The van der Waals surface area contributed by atoms with Crippen LogP contribution < -0.4 is 10.6 Å². The Bertz CT molecular complexity index is 386. The molecule has 0 aliphatic carbocycles. The van der Waals surface area contributed by atoms with Gasteiger partial charge in [-0.05, 0) is 6.07 Å². The molecule has 2 nitrogen and oxygen atoms in total. The van der Waals surface area contributed by atoms with E-state index in [4.69, 9.17) is 11.6 Å². The van der Waals surface area contributed by atoms with Gasteiger partial charge in [0, 0.05) is 11.4 Å². The molecule has 0 fully saturated rings. The smallest absolute Gasteiger partial charge is 0.111 e. The quantitative estimate of drug-likeness (QED) is 0.455. The maximum Gasteiger partial charge on any atom is 0.111 e. The molecule has 0 bridgehead atoms. The molecule has 0 unspecified atom stereocenters. The van der Waals surface area contributed by atoms with E-state index in [2.05, 4.69) is 4.99 Å². The Morgan fingerprint density at radius 2 is 2.25 bits per heavy atom. The van der Waals surface area contributed by atoms with Gasteiger partial charge in [0.25, 0.3) is 0 Å². The number of fused-ring (bicyclic) bond motifs is 1. The SMILES string of the molecule is ClCN1C=c2ccccc2=NC1. The van der Waals surface area contributed by atoms with Gasteiger partial charge in [-0.15, -0.1) is 11.6 Å². The zero-order valence-electron chi connectivity index (χ0n) is 6.57. The molecular weight excluding hydrogens is 172 g/mol. The van der Waals surface area contributed by atoms with Crippen LogP contribution in [-0.4, -0.2) is 17.6 Å². The molecule has 0 N–H and O–H groups in total. The molecule has 0 saturated carbocycles. The van der Waals surface area contributed by atoms with Crippen LogP contribution in [0.15, 0.2) is 29.3 Å². The maximum atomic E-state index is 5.68. The minimum Gasteiger partial charge on any atom is -0.344 e. The van der Waals surface area contributed by atoms with Gasteiger partial charge in [-0.1, -0.05) is 18.2 Å². The van der Waals surface area contributed by atoms with Crippen LogP contribution in [0.3, 0.4) is 0 Å². The third-order valence-corrected chi connectivity index (χ3v) is 2.14. The van der Waals surface area contributed by atoms with E-state index in [0.29, 0.717) is 12.7 Å². The molecule has 0 radical (unpaired) electrons. The molecule has 0 aromatic heterocycles. The number of hydrogen-bond acceptors (Lipinski definition) is 2. The second kappa shape index (κ2) is 3.15. The van der Waals surface area contributed by atoms with Crippen LogP contribution >= 0.6 is 11.6 Å². The number of alkyl halides is 1. The van der Waals surface area contributed by atoms with Crippen molar-refractivity contribution in [3.63, 3.8) is 0 Å². The van der Waals surface area contributed by atoms with E-state index in [0.717, 1.165) is 10.6 Å². The van der Waals surface area contributed by atoms with Crippen LogP contribution in [0.1, 0.15) is 0 Å². The van der Waals surface area contributed by atoms with E-state index in [1.807, 2.05) is 35.4 Å². The average Bonchev–Trinajstić information content (AvgIpc) is 2.17. The van der Waals surface area contributed by atoms with Crippen molar-refractivity contribution in [2.75, 3.05) is 12.7 Å². The molecule has 0 spiro atoms. The van der Waals surface area contributed by atoms with E-state index < -0.39 is 0 Å². The molecular formula is C9H9ClN2. The zero-order chi connectivity index (χ0) is 8.39. The number of benzene rings is 1. The number of rotatable bonds is 1. The second-order valence-electron chi connectivity index (χ2n) is 2.70. The highest BCUT2D eigenvalue weighted by atomic mass is 35.5. The highest BCUT2D eigenvalue weighted by Crippen LogP contribution is 1.93. The predicted octanol–water partition coefficient (Wildman–Crippen LogP) is 0.514. The van der Waals surface area contributed by atoms with E-state index in [1.165, 1.54) is 0 Å². The summed E-state index contributed by atoms with van der Waals surface area (Å²) in [5, 5.41) is 2.20. The van der Waals surface area contributed by atoms with Crippen molar-refractivity contribution < 1.29 is 0 Å². The third kappa shape index (κ3) is 1.30. The lowest BCUT2D eigenvalue weighted by Gasteiger charge is -2.16. The molecule has 1 aromatic carbocycles. The van der Waals surface area contributed by atoms with Gasteiger partial charge >= 0.3 is 0 Å². The van der Waals surface area contributed by atoms with Crippen molar-refractivity contribution in [3.05, 3.63) is 34.8 Å². The minimum absolute atomic E-state index is 0.498. The Kier molecular flexibility index (Phi) is 2.00. The molecule has 1 aromatic rings. The fourth-order valence-corrected chi connectivity index (χ4v) is 1.36. The topological polar surface area (TPSA) is 15.6 Å². The molecule has 1 aliphatic heterocycles. The van der Waals surface area contributed by atoms with Crippen molar-refractivity contribution in [1.29, 1.82) is 0 Å². The van der Waals surface area contributed by atoms with Crippen LogP contribution in [0.5, 0.6) is 0 Å². The average molecular weight is 181 g/mol. The summed E-state index contributed by atoms with van der Waals surface area (Å²) >= 11 is 5.68. The van der Waals surface area contributed by atoms with Gasteiger partial charge in [0.1, 0.15) is 6.67 Å². The van der Waals surface area contributed by atoms with Crippen LogP contribution in [0, 0.1) is 0 Å². The Morgan fingerprint density at radius 1 is 1.42 bits per heavy atom. The van der Waals surface area contributed by atoms with Crippen molar-refractivity contribution in [2.45, 2.75) is 0 Å². The van der Waals surface area contributed by atoms with Crippen molar-refractivity contribution in [1.82, 2.24) is 4.90 Å². The van der Waals surface area contributed by atoms with Crippen molar-refractivity contribution >= 4 is 17.8 Å². The van der Waals surface area contributed by atoms with Gasteiger partial charge < -0.3 is 4.90 Å². The lowest BCUT2D eigenvalue weighted by Crippen LogP contribution is -2.35. The minimum atomic E-state index is 0.498. The summed E-state index contributed by atoms with van der Waals surface area (Å²) in [6, 6.07) is 8.54. The lowest BCUT2D eigenvalue weighted by molar-refractivity contribution is 0.477. The van der Waals surface area contributed by atoms with Gasteiger partial charge in [0.2, 0.25) is 0 Å². The Morgan fingerprint density at radius 3 is 3.08 bits per heavy atom. The summed E-state index contributed by atoms with van der Waals surface area (Å²) in [6.45, 7) is 0.667. The Balaban J connectivity index is 2.56. The first kappa shape index (κ1) is 7.62. The lowest BCUT2D eigenvalue weighted by atomic mass is 10.3. The van der Waals surface area contributed by atoms with Crippen LogP contribution in [0.4, 0.5) is 0 Å². The molecule has 3 heteroatoms. The van der Waals surface area contributed by atoms with Gasteiger partial charge in [0.05, 0.1) is 11.4 Å². The van der Waals surface area contributed by atoms with Crippen LogP contribution in [0.2, 0.25) is 0 Å². The first-order valence-electron chi connectivity index (χ1n) is 3.81. The highest BCUT2D eigenvalue weighted by Gasteiger charge is 1.99. The summed E-state index contributed by atoms with van der Waals surface area (Å²) in [5.74, 6) is 0. The van der Waals surface area contributed by atoms with E-state index in [9.17, 15) is 0 Å². The normalized spacial score (nSPS) is 14.6. The number of halogens is 1. The van der Waals surface area contributed by atoms with Gasteiger partial charge in [0.15, 0.2) is 0 Å². The molecule has 0 atom stereocenters. The monoisotopic (exact) mass is 180 g/mol. The maximum absolute atomic E-state index is 5.68. The van der Waals surface area contributed by atoms with Crippen LogP contribution in [-0.2, 0) is 0 Å². The second-order valence-corrected chi connectivity index (χ2v) is 2.93. The van der Waals surface area contributed by atoms with Crippen molar-refractivity contribution in [3.8, 4) is 0 Å². The third-order valence-electron chi connectivity index (χ3n) is 1.83. The van der Waals surface area contributed by atoms with E-state index >= 15 is 0 Å². The summed E-state index contributed by atoms with van der Waals surface area (Å²) in [7, 11) is 0. The molecule has 62 valence electrons. The first-order valence-corrected chi connectivity index (χ1v) is 4.35. The van der Waals surface area contributed by atoms with Gasteiger partial charge in [-0.3, -0.25) is 4.99 Å². The molecule has 0 saturated heterocycles. The van der Waals surface area contributed by atoms with Crippen molar-refractivity contribution in [2.24, 2.45) is 4.99 Å². The van der Waals surface area contributed by atoms with Gasteiger partial charge in [-0.25, -0.2) is 0 Å². The fourth-order valence-electron chi connectivity index (χ4n) is 1.22. The Hall–Kier alpha value is -1.02. The summed E-state index contributed by atoms with van der Waals surface area (Å²) in [6.07, 6.45) is 2.04. The molecule has 2 rings (SSSR count). The first-order chi connectivity index (χ1) is 5.90. The standard InChI is InChI=1S/C9H9ClN2/c10-6-12-5-8-3-1-2-4-9(8)11-7-12/h1-5H,6-7H2. The predicted molar refractivity (Wildman–Crippen MR) is 49.1 cm³/mol. The number of para-hydroxylation sites is 1. The molecule has 12 heavy (non-hydrogen) atoms. The Labute approximate surface area is 75.8 Å². The molecule has 1 heterocycles. The number of hydrogen-bond donors (Lipinski definition) is 0. The number of nitrogens with zero attached hydrogens (tertiary/aromatic N) is 2. The fraction of sp³-hybridized carbons (Fsp3) is 0.222. The molecule has 0 amide bonds. The van der Waals surface area contributed by atoms with E-state index in [-0.39, 0.29) is 0 Å². The molecule has 1 aliphatic rings. The summed E-state index contributed by atoms with van der Waals surface area (Å²) in [5.41, 5.74) is 0. The van der Waals surface area contributed by atoms with Crippen LogP contribution in [0.25, 0.3) is 6.20 Å². The highest BCUT2D eigenvalue weighted by molar-refractivity contribution is 6.17. The van der Waals surface area contributed by atoms with Gasteiger partial charge in [-0.2, -0.15) is 0 Å². The summed E-state index contributed by atoms with van der Waals surface area (Å²) in [4.78, 5) is 6.32.